The highest BCUT2D eigenvalue weighted by Gasteiger charge is 2.58. The number of hydrogen-bond donors (Lipinski definition) is 2. The number of aliphatic imine (C=N–C) groups is 1. The number of para-hydroxylation sites is 2. The number of carboxylic acid groups (broad SMARTS) is 1. The van der Waals surface area contributed by atoms with E-state index in [9.17, 15) is 14.7 Å². The van der Waals surface area contributed by atoms with Gasteiger partial charge in [0.15, 0.2) is 0 Å². The number of carbonyl (C=O) groups is 2. The lowest BCUT2D eigenvalue weighted by Gasteiger charge is -2.37. The van der Waals surface area contributed by atoms with Gasteiger partial charge in [0.1, 0.15) is 0 Å². The van der Waals surface area contributed by atoms with E-state index in [1.807, 2.05) is 68.4 Å². The van der Waals surface area contributed by atoms with Crippen LogP contribution in [0.1, 0.15) is 39.2 Å². The van der Waals surface area contributed by atoms with E-state index in [0.29, 0.717) is 24.2 Å². The molecule has 0 bridgehead atoms. The molecule has 5 heteroatoms. The first kappa shape index (κ1) is 19.8. The van der Waals surface area contributed by atoms with Crippen LogP contribution in [0.25, 0.3) is 0 Å². The molecule has 2 unspecified atom stereocenters. The van der Waals surface area contributed by atoms with Crippen LogP contribution in [0.3, 0.4) is 0 Å². The minimum atomic E-state index is -0.917. The highest BCUT2D eigenvalue weighted by Crippen LogP contribution is 2.56. The summed E-state index contributed by atoms with van der Waals surface area (Å²) in [5, 5.41) is 12.6. The first-order valence-electron chi connectivity index (χ1n) is 9.48. The van der Waals surface area contributed by atoms with Crippen LogP contribution < -0.4 is 5.32 Å². The Morgan fingerprint density at radius 3 is 2.36 bits per heavy atom. The van der Waals surface area contributed by atoms with Crippen molar-refractivity contribution >= 4 is 29.5 Å². The summed E-state index contributed by atoms with van der Waals surface area (Å²) < 4.78 is 0. The van der Waals surface area contributed by atoms with Gasteiger partial charge >= 0.3 is 5.97 Å². The number of nitrogens with one attached hydrogen (secondary N) is 1. The Labute approximate surface area is 165 Å². The van der Waals surface area contributed by atoms with Crippen molar-refractivity contribution < 1.29 is 14.7 Å². The molecule has 2 aromatic rings. The Kier molecular flexibility index (Phi) is 5.36. The summed E-state index contributed by atoms with van der Waals surface area (Å²) >= 11 is 0. The van der Waals surface area contributed by atoms with Crippen molar-refractivity contribution in [3.05, 3.63) is 60.2 Å². The van der Waals surface area contributed by atoms with E-state index in [1.165, 1.54) is 0 Å². The van der Waals surface area contributed by atoms with Crippen LogP contribution in [0.2, 0.25) is 0 Å². The Balaban J connectivity index is 1.80. The van der Waals surface area contributed by atoms with Crippen molar-refractivity contribution in [3.8, 4) is 0 Å². The van der Waals surface area contributed by atoms with Crippen molar-refractivity contribution in [2.24, 2.45) is 21.7 Å². The zero-order valence-corrected chi connectivity index (χ0v) is 16.5. The van der Waals surface area contributed by atoms with Crippen LogP contribution in [-0.4, -0.2) is 23.2 Å². The molecule has 0 aromatic heterocycles. The molecule has 5 nitrogen and oxygen atoms in total. The van der Waals surface area contributed by atoms with Crippen molar-refractivity contribution in [3.63, 3.8) is 0 Å². The minimum Gasteiger partial charge on any atom is -0.481 e. The van der Waals surface area contributed by atoms with Gasteiger partial charge in [0.05, 0.1) is 16.8 Å². The normalized spacial score (nSPS) is 23.6. The third-order valence-corrected chi connectivity index (χ3v) is 6.33. The van der Waals surface area contributed by atoms with E-state index in [0.717, 1.165) is 5.56 Å². The SMILES string of the molecule is CC1(C(=O)O)CCC(C(=O)Nc2ccccc2N=Cc2ccccc2)C1(C)C. The fourth-order valence-corrected chi connectivity index (χ4v) is 3.94. The molecular weight excluding hydrogens is 352 g/mol. The quantitative estimate of drug-likeness (QED) is 0.726. The molecule has 1 saturated carbocycles. The molecule has 1 amide bonds. The maximum absolute atomic E-state index is 13.0. The molecule has 2 aromatic carbocycles. The fraction of sp³-hybridized carbons (Fsp3) is 0.348. The average molecular weight is 378 g/mol. The fourth-order valence-electron chi connectivity index (χ4n) is 3.94. The highest BCUT2D eigenvalue weighted by molar-refractivity contribution is 5.97. The molecule has 2 atom stereocenters. The number of hydrogen-bond acceptors (Lipinski definition) is 3. The van der Waals surface area contributed by atoms with Gasteiger partial charge in [-0.3, -0.25) is 14.6 Å². The molecule has 1 aliphatic carbocycles. The van der Waals surface area contributed by atoms with E-state index < -0.39 is 16.8 Å². The zero-order chi connectivity index (χ0) is 20.4. The van der Waals surface area contributed by atoms with Crippen LogP contribution in [-0.2, 0) is 9.59 Å². The largest absolute Gasteiger partial charge is 0.481 e. The van der Waals surface area contributed by atoms with Gasteiger partial charge in [-0.05, 0) is 42.9 Å². The molecule has 0 radical (unpaired) electrons. The molecule has 0 spiro atoms. The van der Waals surface area contributed by atoms with Gasteiger partial charge < -0.3 is 10.4 Å². The van der Waals surface area contributed by atoms with Gasteiger partial charge in [-0.15, -0.1) is 0 Å². The van der Waals surface area contributed by atoms with Gasteiger partial charge in [-0.1, -0.05) is 56.3 Å². The van der Waals surface area contributed by atoms with Gasteiger partial charge in [-0.25, -0.2) is 0 Å². The van der Waals surface area contributed by atoms with Crippen LogP contribution in [0.4, 0.5) is 11.4 Å². The standard InChI is InChI=1S/C23H26N2O3/c1-22(2)17(13-14-23(22,3)21(27)28)20(26)25-19-12-8-7-11-18(19)24-15-16-9-5-4-6-10-16/h4-12,15,17H,13-14H2,1-3H3,(H,25,26)(H,27,28). The molecule has 146 valence electrons. The summed E-state index contributed by atoms with van der Waals surface area (Å²) in [5.74, 6) is -1.38. The predicted octanol–water partition coefficient (Wildman–Crippen LogP) is 4.90. The molecule has 1 aliphatic rings. The zero-order valence-electron chi connectivity index (χ0n) is 16.5. The van der Waals surface area contributed by atoms with Gasteiger partial charge in [0.2, 0.25) is 5.91 Å². The van der Waals surface area contributed by atoms with Crippen molar-refractivity contribution in [1.29, 1.82) is 0 Å². The summed E-state index contributed by atoms with van der Waals surface area (Å²) in [6, 6.07) is 17.1. The summed E-state index contributed by atoms with van der Waals surface area (Å²) in [5.41, 5.74) is 0.694. The number of aliphatic carboxylic acids is 1. The first-order chi connectivity index (χ1) is 13.3. The highest BCUT2D eigenvalue weighted by atomic mass is 16.4. The van der Waals surface area contributed by atoms with Crippen molar-refractivity contribution in [2.45, 2.75) is 33.6 Å². The third-order valence-electron chi connectivity index (χ3n) is 6.33. The molecule has 0 saturated heterocycles. The first-order valence-corrected chi connectivity index (χ1v) is 9.48. The number of amides is 1. The third kappa shape index (κ3) is 3.57. The molecule has 0 heterocycles. The van der Waals surface area contributed by atoms with Crippen LogP contribution >= 0.6 is 0 Å². The van der Waals surface area contributed by atoms with Gasteiger partial charge in [0.25, 0.3) is 0 Å². The molecular formula is C23H26N2O3. The predicted molar refractivity (Wildman–Crippen MR) is 111 cm³/mol. The summed E-state index contributed by atoms with van der Waals surface area (Å²) in [6.07, 6.45) is 2.80. The molecule has 28 heavy (non-hydrogen) atoms. The Bertz CT molecular complexity index is 905. The monoisotopic (exact) mass is 378 g/mol. The topological polar surface area (TPSA) is 78.8 Å². The minimum absolute atomic E-state index is 0.155. The number of carboxylic acids is 1. The number of nitrogens with zero attached hydrogens (tertiary/aromatic N) is 1. The van der Waals surface area contributed by atoms with E-state index in [1.54, 1.807) is 13.1 Å². The Hall–Kier alpha value is -2.95. The van der Waals surface area contributed by atoms with Crippen molar-refractivity contribution in [1.82, 2.24) is 0 Å². The van der Waals surface area contributed by atoms with Gasteiger partial charge in [0, 0.05) is 12.1 Å². The molecule has 1 fully saturated rings. The second-order valence-electron chi connectivity index (χ2n) is 8.13. The molecule has 2 N–H and O–H groups in total. The summed E-state index contributed by atoms with van der Waals surface area (Å²) in [4.78, 5) is 29.3. The van der Waals surface area contributed by atoms with E-state index in [2.05, 4.69) is 10.3 Å². The van der Waals surface area contributed by atoms with Crippen molar-refractivity contribution in [2.75, 3.05) is 5.32 Å². The smallest absolute Gasteiger partial charge is 0.309 e. The van der Waals surface area contributed by atoms with E-state index >= 15 is 0 Å². The van der Waals surface area contributed by atoms with Gasteiger partial charge in [-0.2, -0.15) is 0 Å². The lowest BCUT2D eigenvalue weighted by Crippen LogP contribution is -2.43. The Morgan fingerprint density at radius 2 is 1.71 bits per heavy atom. The molecule has 0 aliphatic heterocycles. The molecule has 3 rings (SSSR count). The lowest BCUT2D eigenvalue weighted by molar-refractivity contribution is -0.154. The second kappa shape index (κ2) is 7.58. The van der Waals surface area contributed by atoms with Crippen LogP contribution in [0.15, 0.2) is 59.6 Å². The summed E-state index contributed by atoms with van der Waals surface area (Å²) in [6.45, 7) is 5.48. The number of rotatable bonds is 5. The number of carbonyl (C=O) groups excluding carboxylic acids is 1. The number of anilines is 1. The van der Waals surface area contributed by atoms with E-state index in [-0.39, 0.29) is 11.8 Å². The summed E-state index contributed by atoms with van der Waals surface area (Å²) in [7, 11) is 0. The van der Waals surface area contributed by atoms with Crippen LogP contribution in [0, 0.1) is 16.7 Å². The van der Waals surface area contributed by atoms with E-state index in [4.69, 9.17) is 0 Å². The Morgan fingerprint density at radius 1 is 1.07 bits per heavy atom. The maximum atomic E-state index is 13.0. The lowest BCUT2D eigenvalue weighted by atomic mass is 9.65. The average Bonchev–Trinajstić information content (AvgIpc) is 2.92. The maximum Gasteiger partial charge on any atom is 0.309 e. The number of benzene rings is 2. The second-order valence-corrected chi connectivity index (χ2v) is 8.13. The van der Waals surface area contributed by atoms with Crippen LogP contribution in [0.5, 0.6) is 0 Å².